The molecule has 0 unspecified atom stereocenters. The minimum atomic E-state index is -3.50. The zero-order chi connectivity index (χ0) is 28.2. The summed E-state index contributed by atoms with van der Waals surface area (Å²) in [7, 11) is 0.286. The Hall–Kier alpha value is -4.22. The van der Waals surface area contributed by atoms with Crippen molar-refractivity contribution in [2.75, 3.05) is 47.9 Å². The summed E-state index contributed by atoms with van der Waals surface area (Å²) in [4.78, 5) is 26.0. The van der Waals surface area contributed by atoms with Gasteiger partial charge in [-0.25, -0.2) is 8.42 Å². The Bertz CT molecular complexity index is 1500. The number of carbonyl (C=O) groups is 1. The predicted octanol–water partition coefficient (Wildman–Crippen LogP) is 4.64. The average Bonchev–Trinajstić information content (AvgIpc) is 3.23. The molecule has 11 heteroatoms. The van der Waals surface area contributed by atoms with Gasteiger partial charge < -0.3 is 15.5 Å². The third-order valence-electron chi connectivity index (χ3n) is 6.24. The first-order valence-corrected chi connectivity index (χ1v) is 14.1. The van der Waals surface area contributed by atoms with Crippen LogP contribution in [0, 0.1) is 10.1 Å². The lowest BCUT2D eigenvalue weighted by Crippen LogP contribution is -2.38. The number of carbonyl (C=O) groups excluding carboxylic acids is 1. The molecule has 4 rings (SSSR count). The van der Waals surface area contributed by atoms with Crippen molar-refractivity contribution < 1.29 is 18.1 Å². The molecule has 1 aliphatic rings. The van der Waals surface area contributed by atoms with Gasteiger partial charge in [-0.15, -0.1) is 0 Å². The number of likely N-dealkylation sites (N-methyl/N-ethyl adjacent to an activating group) is 1. The van der Waals surface area contributed by atoms with Gasteiger partial charge in [-0.2, -0.15) is 0 Å². The van der Waals surface area contributed by atoms with Gasteiger partial charge in [0, 0.05) is 42.2 Å². The molecular formula is C28H31N5O5S. The number of benzene rings is 3. The fraction of sp³-hybridized carbons (Fsp3) is 0.250. The first-order valence-electron chi connectivity index (χ1n) is 12.5. The maximum absolute atomic E-state index is 13.1. The van der Waals surface area contributed by atoms with Gasteiger partial charge in [-0.05, 0) is 56.4 Å². The Balaban J connectivity index is 1.75. The standard InChI is InChI=1S/C28H31N5O5S/c1-4-18-39(37,38)32(17-16-31(2)3)22-12-10-21(11-13-22)29-27(20-8-6-5-7-9-20)26-24-19-23(33(35)36)14-15-25(24)30-28(26)34/h5-15,19,29H,4,16-18H2,1-3H3,(H,30,34). The van der Waals surface area contributed by atoms with E-state index in [1.165, 1.54) is 22.5 Å². The number of non-ortho nitro benzene ring substituents is 1. The van der Waals surface area contributed by atoms with Gasteiger partial charge in [-0.1, -0.05) is 37.3 Å². The number of hydrogen-bond donors (Lipinski definition) is 2. The third-order valence-corrected chi connectivity index (χ3v) is 8.23. The Morgan fingerprint density at radius 3 is 2.31 bits per heavy atom. The maximum atomic E-state index is 13.1. The van der Waals surface area contributed by atoms with E-state index in [2.05, 4.69) is 10.6 Å². The van der Waals surface area contributed by atoms with Crippen molar-refractivity contribution in [3.63, 3.8) is 0 Å². The number of nitro groups is 1. The first kappa shape index (κ1) is 27.8. The van der Waals surface area contributed by atoms with Crippen LogP contribution in [0.2, 0.25) is 0 Å². The van der Waals surface area contributed by atoms with Gasteiger partial charge in [0.2, 0.25) is 10.0 Å². The molecule has 0 saturated heterocycles. The van der Waals surface area contributed by atoms with Gasteiger partial charge in [-0.3, -0.25) is 19.2 Å². The summed E-state index contributed by atoms with van der Waals surface area (Å²) in [6.45, 7) is 2.71. The topological polar surface area (TPSA) is 125 Å². The van der Waals surface area contributed by atoms with Crippen molar-refractivity contribution >= 4 is 50.0 Å². The number of rotatable bonds is 11. The largest absolute Gasteiger partial charge is 0.354 e. The number of nitro benzene ring substituents is 1. The summed E-state index contributed by atoms with van der Waals surface area (Å²) in [5.74, 6) is -0.334. The second kappa shape index (κ2) is 11.7. The van der Waals surface area contributed by atoms with Crippen LogP contribution in [0.15, 0.2) is 72.8 Å². The van der Waals surface area contributed by atoms with Crippen molar-refractivity contribution in [3.8, 4) is 0 Å². The molecule has 3 aromatic rings. The highest BCUT2D eigenvalue weighted by atomic mass is 32.2. The van der Waals surface area contributed by atoms with Crippen LogP contribution in [0.25, 0.3) is 11.3 Å². The molecule has 0 atom stereocenters. The molecule has 204 valence electrons. The van der Waals surface area contributed by atoms with E-state index in [1.54, 1.807) is 24.3 Å². The van der Waals surface area contributed by atoms with E-state index in [0.717, 1.165) is 0 Å². The first-order chi connectivity index (χ1) is 18.6. The SMILES string of the molecule is CCCS(=O)(=O)N(CCN(C)C)c1ccc(NC(=C2C(=O)Nc3ccc([N+](=O)[O-])cc32)c2ccccc2)cc1. The molecule has 2 N–H and O–H groups in total. The lowest BCUT2D eigenvalue weighted by Gasteiger charge is -2.26. The van der Waals surface area contributed by atoms with Gasteiger partial charge in [0.15, 0.2) is 0 Å². The fourth-order valence-corrected chi connectivity index (χ4v) is 5.88. The van der Waals surface area contributed by atoms with Gasteiger partial charge in [0.1, 0.15) is 0 Å². The van der Waals surface area contributed by atoms with E-state index in [1.807, 2.05) is 56.3 Å². The summed E-state index contributed by atoms with van der Waals surface area (Å²) >= 11 is 0. The predicted molar refractivity (Wildman–Crippen MR) is 155 cm³/mol. The highest BCUT2D eigenvalue weighted by molar-refractivity contribution is 7.92. The molecule has 39 heavy (non-hydrogen) atoms. The Morgan fingerprint density at radius 2 is 1.69 bits per heavy atom. The van der Waals surface area contributed by atoms with Crippen LogP contribution in [0.1, 0.15) is 24.5 Å². The van der Waals surface area contributed by atoms with Crippen molar-refractivity contribution in [3.05, 3.63) is 94.0 Å². The maximum Gasteiger partial charge on any atom is 0.270 e. The van der Waals surface area contributed by atoms with Crippen molar-refractivity contribution in [1.82, 2.24) is 4.90 Å². The second-order valence-electron chi connectivity index (χ2n) is 9.42. The van der Waals surface area contributed by atoms with Crippen molar-refractivity contribution in [1.29, 1.82) is 0 Å². The molecule has 1 aliphatic heterocycles. The number of anilines is 3. The summed E-state index contributed by atoms with van der Waals surface area (Å²) in [6, 6.07) is 20.4. The third kappa shape index (κ3) is 6.27. The summed E-state index contributed by atoms with van der Waals surface area (Å²) < 4.78 is 27.4. The average molecular weight is 550 g/mol. The number of fused-ring (bicyclic) bond motifs is 1. The van der Waals surface area contributed by atoms with Crippen LogP contribution in [0.5, 0.6) is 0 Å². The van der Waals surface area contributed by atoms with Crippen LogP contribution in [0.4, 0.5) is 22.7 Å². The molecule has 0 saturated carbocycles. The minimum absolute atomic E-state index is 0.0470. The number of sulfonamides is 1. The van der Waals surface area contributed by atoms with Crippen LogP contribution >= 0.6 is 0 Å². The Labute approximate surface area is 228 Å². The van der Waals surface area contributed by atoms with Crippen molar-refractivity contribution in [2.24, 2.45) is 0 Å². The lowest BCUT2D eigenvalue weighted by atomic mass is 9.99. The Morgan fingerprint density at radius 1 is 1.00 bits per heavy atom. The molecule has 0 bridgehead atoms. The molecule has 10 nitrogen and oxygen atoms in total. The lowest BCUT2D eigenvalue weighted by molar-refractivity contribution is -0.384. The van der Waals surface area contributed by atoms with Gasteiger partial charge in [0.25, 0.3) is 11.6 Å². The molecule has 1 amide bonds. The molecule has 0 radical (unpaired) electrons. The van der Waals surface area contributed by atoms with E-state index in [9.17, 15) is 23.3 Å². The van der Waals surface area contributed by atoms with Gasteiger partial charge in [0.05, 0.1) is 27.6 Å². The van der Waals surface area contributed by atoms with E-state index < -0.39 is 14.9 Å². The summed E-state index contributed by atoms with van der Waals surface area (Å²) in [5.41, 5.74) is 3.43. The van der Waals surface area contributed by atoms with E-state index in [-0.39, 0.29) is 22.9 Å². The van der Waals surface area contributed by atoms with Crippen LogP contribution < -0.4 is 14.9 Å². The zero-order valence-electron chi connectivity index (χ0n) is 22.0. The van der Waals surface area contributed by atoms with E-state index in [4.69, 9.17) is 0 Å². The summed E-state index contributed by atoms with van der Waals surface area (Å²) in [6.07, 6.45) is 0.510. The molecular weight excluding hydrogens is 518 g/mol. The highest BCUT2D eigenvalue weighted by Gasteiger charge is 2.30. The molecule has 0 spiro atoms. The van der Waals surface area contributed by atoms with Crippen molar-refractivity contribution in [2.45, 2.75) is 13.3 Å². The van der Waals surface area contributed by atoms with Crippen LogP contribution in [0.3, 0.4) is 0 Å². The number of nitrogens with zero attached hydrogens (tertiary/aromatic N) is 3. The smallest absolute Gasteiger partial charge is 0.270 e. The van der Waals surface area contributed by atoms with E-state index in [0.29, 0.717) is 53.4 Å². The minimum Gasteiger partial charge on any atom is -0.354 e. The van der Waals surface area contributed by atoms with Crippen LogP contribution in [-0.4, -0.2) is 57.1 Å². The number of amides is 1. The quantitative estimate of drug-likeness (QED) is 0.203. The molecule has 0 fully saturated rings. The molecule has 0 aliphatic carbocycles. The highest BCUT2D eigenvalue weighted by Crippen LogP contribution is 2.39. The number of nitrogens with one attached hydrogen (secondary N) is 2. The summed E-state index contributed by atoms with van der Waals surface area (Å²) in [5, 5.41) is 17.5. The van der Waals surface area contributed by atoms with E-state index >= 15 is 0 Å². The zero-order valence-corrected chi connectivity index (χ0v) is 22.9. The molecule has 0 aromatic heterocycles. The number of hydrogen-bond acceptors (Lipinski definition) is 7. The fourth-order valence-electron chi connectivity index (χ4n) is 4.34. The van der Waals surface area contributed by atoms with Crippen LogP contribution in [-0.2, 0) is 14.8 Å². The Kier molecular flexibility index (Phi) is 8.32. The normalized spacial score (nSPS) is 14.1. The monoisotopic (exact) mass is 549 g/mol. The second-order valence-corrected chi connectivity index (χ2v) is 11.4. The molecule has 3 aromatic carbocycles. The van der Waals surface area contributed by atoms with Gasteiger partial charge >= 0.3 is 0 Å². The molecule has 1 heterocycles.